The summed E-state index contributed by atoms with van der Waals surface area (Å²) in [5.74, 6) is -0.0576. The second kappa shape index (κ2) is 7.52. The van der Waals surface area contributed by atoms with Crippen molar-refractivity contribution in [3.63, 3.8) is 0 Å². The maximum Gasteiger partial charge on any atom is 0.233 e. The minimum absolute atomic E-state index is 0.0157. The first-order valence-electron chi connectivity index (χ1n) is 7.90. The molecule has 0 aliphatic carbocycles. The molecule has 2 heterocycles. The molecule has 0 radical (unpaired) electrons. The van der Waals surface area contributed by atoms with Crippen LogP contribution in [0, 0.1) is 0 Å². The van der Waals surface area contributed by atoms with E-state index in [2.05, 4.69) is 20.8 Å². The number of nitrogens with one attached hydrogen (secondary N) is 1. The van der Waals surface area contributed by atoms with Crippen molar-refractivity contribution in [3.8, 4) is 0 Å². The Labute approximate surface area is 150 Å². The van der Waals surface area contributed by atoms with Gasteiger partial charge in [-0.2, -0.15) is 0 Å². The lowest BCUT2D eigenvalue weighted by molar-refractivity contribution is -0.120. The SMILES string of the molecule is CC(Sc1nnnn1Cc1ccccc1)C(=O)NC1CCS(=O)(=O)C1. The summed E-state index contributed by atoms with van der Waals surface area (Å²) in [6.45, 7) is 2.27. The summed E-state index contributed by atoms with van der Waals surface area (Å²) in [7, 11) is -3.02. The third-order valence-corrected chi connectivity index (χ3v) is 6.74. The highest BCUT2D eigenvalue weighted by molar-refractivity contribution is 8.00. The number of aromatic nitrogens is 4. The maximum atomic E-state index is 12.3. The Bertz CT molecular complexity index is 838. The van der Waals surface area contributed by atoms with E-state index in [0.717, 1.165) is 5.56 Å². The summed E-state index contributed by atoms with van der Waals surface area (Å²) >= 11 is 1.25. The quantitative estimate of drug-likeness (QED) is 0.726. The van der Waals surface area contributed by atoms with Gasteiger partial charge in [0.1, 0.15) is 0 Å². The predicted molar refractivity (Wildman–Crippen MR) is 93.9 cm³/mol. The van der Waals surface area contributed by atoms with E-state index in [1.807, 2.05) is 30.3 Å². The van der Waals surface area contributed by atoms with Gasteiger partial charge in [0.15, 0.2) is 9.84 Å². The maximum absolute atomic E-state index is 12.3. The highest BCUT2D eigenvalue weighted by Crippen LogP contribution is 2.22. The van der Waals surface area contributed by atoms with E-state index in [0.29, 0.717) is 18.1 Å². The first kappa shape index (κ1) is 17.9. The summed E-state index contributed by atoms with van der Waals surface area (Å²) in [5, 5.41) is 14.6. The van der Waals surface area contributed by atoms with Gasteiger partial charge < -0.3 is 5.32 Å². The molecule has 0 spiro atoms. The van der Waals surface area contributed by atoms with Gasteiger partial charge in [-0.15, -0.1) is 5.10 Å². The number of hydrogen-bond acceptors (Lipinski definition) is 7. The summed E-state index contributed by atoms with van der Waals surface area (Å²) in [6.07, 6.45) is 0.469. The first-order chi connectivity index (χ1) is 11.9. The zero-order valence-corrected chi connectivity index (χ0v) is 15.3. The van der Waals surface area contributed by atoms with Crippen LogP contribution in [-0.4, -0.2) is 57.3 Å². The Morgan fingerprint density at radius 3 is 2.84 bits per heavy atom. The molecule has 2 unspecified atom stereocenters. The molecule has 0 bridgehead atoms. The van der Waals surface area contributed by atoms with Crippen LogP contribution in [-0.2, 0) is 21.2 Å². The second-order valence-corrected chi connectivity index (χ2v) is 9.51. The molecule has 1 aliphatic heterocycles. The molecule has 10 heteroatoms. The molecule has 2 atom stereocenters. The number of hydrogen-bond donors (Lipinski definition) is 1. The molecular formula is C15H19N5O3S2. The first-order valence-corrected chi connectivity index (χ1v) is 10.6. The van der Waals surface area contributed by atoms with Gasteiger partial charge in [0.25, 0.3) is 0 Å². The van der Waals surface area contributed by atoms with Crippen LogP contribution in [0.2, 0.25) is 0 Å². The van der Waals surface area contributed by atoms with Crippen molar-refractivity contribution in [2.45, 2.75) is 36.3 Å². The van der Waals surface area contributed by atoms with E-state index in [1.165, 1.54) is 11.8 Å². The second-order valence-electron chi connectivity index (χ2n) is 5.97. The van der Waals surface area contributed by atoms with Gasteiger partial charge in [-0.1, -0.05) is 42.1 Å². The lowest BCUT2D eigenvalue weighted by Gasteiger charge is -2.15. The monoisotopic (exact) mass is 381 g/mol. The Kier molecular flexibility index (Phi) is 5.38. The molecule has 1 aromatic carbocycles. The summed E-state index contributed by atoms with van der Waals surface area (Å²) in [4.78, 5) is 12.3. The number of carbonyl (C=O) groups is 1. The molecule has 134 valence electrons. The van der Waals surface area contributed by atoms with Crippen LogP contribution in [0.4, 0.5) is 0 Å². The lowest BCUT2D eigenvalue weighted by Crippen LogP contribution is -2.40. The molecule has 25 heavy (non-hydrogen) atoms. The van der Waals surface area contributed by atoms with Crippen LogP contribution >= 0.6 is 11.8 Å². The average Bonchev–Trinajstić information content (AvgIpc) is 3.14. The average molecular weight is 381 g/mol. The van der Waals surface area contributed by atoms with E-state index in [4.69, 9.17) is 0 Å². The highest BCUT2D eigenvalue weighted by atomic mass is 32.2. The van der Waals surface area contributed by atoms with Gasteiger partial charge in [-0.05, 0) is 29.3 Å². The summed E-state index contributed by atoms with van der Waals surface area (Å²) in [6, 6.07) is 9.48. The Morgan fingerprint density at radius 2 is 2.16 bits per heavy atom. The van der Waals surface area contributed by atoms with Gasteiger partial charge in [-0.3, -0.25) is 4.79 Å². The Morgan fingerprint density at radius 1 is 1.40 bits per heavy atom. The van der Waals surface area contributed by atoms with Crippen molar-refractivity contribution in [3.05, 3.63) is 35.9 Å². The number of rotatable bonds is 6. The fourth-order valence-corrected chi connectivity index (χ4v) is 5.05. The number of benzene rings is 1. The molecular weight excluding hydrogens is 362 g/mol. The lowest BCUT2D eigenvalue weighted by atomic mass is 10.2. The molecule has 1 aromatic heterocycles. The van der Waals surface area contributed by atoms with Gasteiger partial charge in [0.05, 0.1) is 23.3 Å². The van der Waals surface area contributed by atoms with Crippen molar-refractivity contribution < 1.29 is 13.2 Å². The fourth-order valence-electron chi connectivity index (χ4n) is 2.58. The van der Waals surface area contributed by atoms with Crippen molar-refractivity contribution in [1.29, 1.82) is 0 Å². The van der Waals surface area contributed by atoms with Crippen molar-refractivity contribution in [2.75, 3.05) is 11.5 Å². The van der Waals surface area contributed by atoms with Crippen LogP contribution < -0.4 is 5.32 Å². The van der Waals surface area contributed by atoms with Crippen molar-refractivity contribution in [1.82, 2.24) is 25.5 Å². The van der Waals surface area contributed by atoms with E-state index >= 15 is 0 Å². The molecule has 1 fully saturated rings. The minimum Gasteiger partial charge on any atom is -0.351 e. The van der Waals surface area contributed by atoms with E-state index in [9.17, 15) is 13.2 Å². The van der Waals surface area contributed by atoms with Crippen molar-refractivity contribution >= 4 is 27.5 Å². The van der Waals surface area contributed by atoms with E-state index in [1.54, 1.807) is 11.6 Å². The predicted octanol–water partition coefficient (Wildman–Crippen LogP) is 0.505. The highest BCUT2D eigenvalue weighted by Gasteiger charge is 2.30. The Hall–Kier alpha value is -1.94. The van der Waals surface area contributed by atoms with Crippen LogP contribution in [0.5, 0.6) is 0 Å². The Balaban J connectivity index is 1.59. The molecule has 3 rings (SSSR count). The molecule has 1 saturated heterocycles. The number of carbonyl (C=O) groups excluding carboxylic acids is 1. The van der Waals surface area contributed by atoms with Gasteiger partial charge in [0.2, 0.25) is 11.1 Å². The minimum atomic E-state index is -3.02. The molecule has 1 amide bonds. The third kappa shape index (κ3) is 4.79. The van der Waals surface area contributed by atoms with E-state index < -0.39 is 15.1 Å². The van der Waals surface area contributed by atoms with Gasteiger partial charge in [0, 0.05) is 6.04 Å². The normalized spacial score (nSPS) is 20.3. The largest absolute Gasteiger partial charge is 0.351 e. The van der Waals surface area contributed by atoms with Crippen LogP contribution in [0.1, 0.15) is 18.9 Å². The van der Waals surface area contributed by atoms with E-state index in [-0.39, 0.29) is 23.5 Å². The molecule has 1 aliphatic rings. The zero-order valence-electron chi connectivity index (χ0n) is 13.7. The number of amides is 1. The summed E-state index contributed by atoms with van der Waals surface area (Å²) in [5.41, 5.74) is 1.06. The van der Waals surface area contributed by atoms with Crippen LogP contribution in [0.25, 0.3) is 0 Å². The van der Waals surface area contributed by atoms with Crippen molar-refractivity contribution in [2.24, 2.45) is 0 Å². The zero-order chi connectivity index (χ0) is 17.9. The third-order valence-electron chi connectivity index (χ3n) is 3.90. The number of sulfone groups is 1. The summed E-state index contributed by atoms with van der Waals surface area (Å²) < 4.78 is 24.6. The topological polar surface area (TPSA) is 107 Å². The van der Waals surface area contributed by atoms with Crippen LogP contribution in [0.15, 0.2) is 35.5 Å². The van der Waals surface area contributed by atoms with Crippen LogP contribution in [0.3, 0.4) is 0 Å². The molecule has 1 N–H and O–H groups in total. The number of tetrazole rings is 1. The fraction of sp³-hybridized carbons (Fsp3) is 0.467. The number of nitrogens with zero attached hydrogens (tertiary/aromatic N) is 4. The molecule has 8 nitrogen and oxygen atoms in total. The van der Waals surface area contributed by atoms with Gasteiger partial charge in [-0.25, -0.2) is 13.1 Å². The van der Waals surface area contributed by atoms with Gasteiger partial charge >= 0.3 is 0 Å². The smallest absolute Gasteiger partial charge is 0.233 e. The standard InChI is InChI=1S/C15H19N5O3S2/c1-11(14(21)16-13-7-8-25(22,23)10-13)24-15-17-18-19-20(15)9-12-5-3-2-4-6-12/h2-6,11,13H,7-10H2,1H3,(H,16,21). The molecule has 2 aromatic rings. The number of thioether (sulfide) groups is 1. The molecule has 0 saturated carbocycles.